The Morgan fingerprint density at radius 3 is 2.74 bits per heavy atom. The highest BCUT2D eigenvalue weighted by atomic mass is 79.9. The number of rotatable bonds is 7. The van der Waals surface area contributed by atoms with Crippen LogP contribution in [0.5, 0.6) is 5.75 Å². The van der Waals surface area contributed by atoms with Gasteiger partial charge in [0.1, 0.15) is 11.6 Å². The summed E-state index contributed by atoms with van der Waals surface area (Å²) in [7, 11) is 0. The van der Waals surface area contributed by atoms with E-state index in [4.69, 9.17) is 16.3 Å². The molecule has 0 aliphatic rings. The van der Waals surface area contributed by atoms with Crippen molar-refractivity contribution in [2.45, 2.75) is 13.3 Å². The molecule has 2 aromatic carbocycles. The van der Waals surface area contributed by atoms with Gasteiger partial charge in [-0.3, -0.25) is 9.48 Å². The lowest BCUT2D eigenvalue weighted by molar-refractivity contribution is 0.102. The fourth-order valence-corrected chi connectivity index (χ4v) is 3.25. The molecule has 31 heavy (non-hydrogen) atoms. The van der Waals surface area contributed by atoms with Gasteiger partial charge < -0.3 is 10.1 Å². The van der Waals surface area contributed by atoms with E-state index in [1.807, 2.05) is 24.3 Å². The first-order chi connectivity index (χ1) is 15.0. The van der Waals surface area contributed by atoms with E-state index in [9.17, 15) is 9.18 Å². The smallest absolute Gasteiger partial charge is 0.276 e. The van der Waals surface area contributed by atoms with Gasteiger partial charge in [0.15, 0.2) is 12.4 Å². The van der Waals surface area contributed by atoms with Crippen LogP contribution in [-0.4, -0.2) is 25.5 Å². The topological polar surface area (TPSA) is 74.0 Å². The molecule has 4 rings (SSSR count). The highest BCUT2D eigenvalue weighted by molar-refractivity contribution is 9.10. The molecule has 0 radical (unpaired) electrons. The summed E-state index contributed by atoms with van der Waals surface area (Å²) >= 11 is 9.42. The van der Waals surface area contributed by atoms with Crippen molar-refractivity contribution < 1.29 is 13.9 Å². The van der Waals surface area contributed by atoms with E-state index in [0.717, 1.165) is 4.47 Å². The van der Waals surface area contributed by atoms with Gasteiger partial charge in [-0.1, -0.05) is 33.6 Å². The molecule has 0 aliphatic heterocycles. The van der Waals surface area contributed by atoms with Crippen LogP contribution in [0.25, 0.3) is 0 Å². The number of ether oxygens (including phenoxy) is 1. The quantitative estimate of drug-likeness (QED) is 0.386. The molecule has 0 unspecified atom stereocenters. The molecule has 0 bridgehead atoms. The number of carbonyl (C=O) groups excluding carboxylic acids is 1. The molecule has 0 saturated heterocycles. The number of carbonyl (C=O) groups is 1. The summed E-state index contributed by atoms with van der Waals surface area (Å²) in [4.78, 5) is 12.5. The Hall–Kier alpha value is -3.17. The maximum atomic E-state index is 13.2. The van der Waals surface area contributed by atoms with Crippen LogP contribution < -0.4 is 10.1 Å². The van der Waals surface area contributed by atoms with Crippen LogP contribution in [0.2, 0.25) is 5.02 Å². The van der Waals surface area contributed by atoms with Crippen LogP contribution >= 0.6 is 27.5 Å². The third-order valence-corrected chi connectivity index (χ3v) is 5.17. The minimum Gasteiger partial charge on any atom is -0.471 e. The lowest BCUT2D eigenvalue weighted by atomic mass is 10.2. The Labute approximate surface area is 190 Å². The third kappa shape index (κ3) is 5.50. The predicted molar refractivity (Wildman–Crippen MR) is 118 cm³/mol. The average molecular weight is 505 g/mol. The van der Waals surface area contributed by atoms with Gasteiger partial charge >= 0.3 is 0 Å². The Morgan fingerprint density at radius 2 is 1.97 bits per heavy atom. The van der Waals surface area contributed by atoms with Crippen LogP contribution in [0.15, 0.2) is 71.6 Å². The summed E-state index contributed by atoms with van der Waals surface area (Å²) < 4.78 is 22.9. The van der Waals surface area contributed by atoms with E-state index >= 15 is 0 Å². The average Bonchev–Trinajstić information content (AvgIpc) is 3.39. The summed E-state index contributed by atoms with van der Waals surface area (Å²) in [6.45, 7) is 0.516. The summed E-state index contributed by atoms with van der Waals surface area (Å²) in [5.41, 5.74) is 1.46. The van der Waals surface area contributed by atoms with Crippen molar-refractivity contribution in [1.29, 1.82) is 0 Å². The lowest BCUT2D eigenvalue weighted by Crippen LogP contribution is -2.14. The number of halogens is 3. The molecule has 1 N–H and O–H groups in total. The number of nitrogens with zero attached hydrogens (tertiary/aromatic N) is 4. The molecular formula is C21H16BrClFN5O2. The predicted octanol–water partition coefficient (Wildman–Crippen LogP) is 4.97. The van der Waals surface area contributed by atoms with Crippen LogP contribution in [0.1, 0.15) is 16.1 Å². The lowest BCUT2D eigenvalue weighted by Gasteiger charge is -2.06. The Kier molecular flexibility index (Phi) is 6.34. The van der Waals surface area contributed by atoms with Gasteiger partial charge in [0.05, 0.1) is 18.4 Å². The number of hydrogen-bond donors (Lipinski definition) is 1. The fourth-order valence-electron chi connectivity index (χ4n) is 2.76. The SMILES string of the molecule is O=C(Nc1cnn(Cc2ccc(F)cc2Cl)c1)c1ccn(COc2ccc(Br)cc2)n1. The molecular weight excluding hydrogens is 489 g/mol. The summed E-state index contributed by atoms with van der Waals surface area (Å²) in [6.07, 6.45) is 4.84. The number of aromatic nitrogens is 4. The van der Waals surface area contributed by atoms with Crippen molar-refractivity contribution in [3.05, 3.63) is 93.7 Å². The summed E-state index contributed by atoms with van der Waals surface area (Å²) in [5, 5.41) is 11.5. The number of hydrogen-bond acceptors (Lipinski definition) is 4. The molecule has 7 nitrogen and oxygen atoms in total. The Morgan fingerprint density at radius 1 is 1.16 bits per heavy atom. The zero-order valence-electron chi connectivity index (χ0n) is 16.0. The maximum Gasteiger partial charge on any atom is 0.276 e. The first kappa shape index (κ1) is 21.1. The van der Waals surface area contributed by atoms with E-state index in [2.05, 4.69) is 31.4 Å². The number of benzene rings is 2. The molecule has 2 aromatic heterocycles. The first-order valence-corrected chi connectivity index (χ1v) is 10.3. The second-order valence-electron chi connectivity index (χ2n) is 6.58. The van der Waals surface area contributed by atoms with Gasteiger partial charge in [0, 0.05) is 21.9 Å². The Bertz CT molecular complexity index is 1210. The molecule has 158 valence electrons. The van der Waals surface area contributed by atoms with E-state index < -0.39 is 5.82 Å². The molecule has 1 amide bonds. The van der Waals surface area contributed by atoms with E-state index in [-0.39, 0.29) is 18.3 Å². The largest absolute Gasteiger partial charge is 0.471 e. The normalized spacial score (nSPS) is 10.8. The zero-order valence-corrected chi connectivity index (χ0v) is 18.3. The second-order valence-corrected chi connectivity index (χ2v) is 7.91. The number of anilines is 1. The highest BCUT2D eigenvalue weighted by Crippen LogP contribution is 2.19. The van der Waals surface area contributed by atoms with Crippen LogP contribution in [0.4, 0.5) is 10.1 Å². The van der Waals surface area contributed by atoms with Crippen LogP contribution in [0, 0.1) is 5.82 Å². The molecule has 0 aliphatic carbocycles. The zero-order chi connectivity index (χ0) is 21.8. The monoisotopic (exact) mass is 503 g/mol. The van der Waals surface area contributed by atoms with Crippen LogP contribution in [0.3, 0.4) is 0 Å². The first-order valence-electron chi connectivity index (χ1n) is 9.16. The van der Waals surface area contributed by atoms with Gasteiger partial charge in [-0.2, -0.15) is 10.2 Å². The van der Waals surface area contributed by atoms with Crippen molar-refractivity contribution in [1.82, 2.24) is 19.6 Å². The van der Waals surface area contributed by atoms with Crippen molar-refractivity contribution in [3.63, 3.8) is 0 Å². The molecule has 2 heterocycles. The maximum absolute atomic E-state index is 13.2. The Balaban J connectivity index is 1.34. The summed E-state index contributed by atoms with van der Waals surface area (Å²) in [5.74, 6) is -0.0797. The molecule has 4 aromatic rings. The minimum atomic E-state index is -0.399. The van der Waals surface area contributed by atoms with Gasteiger partial charge in [-0.25, -0.2) is 9.07 Å². The van der Waals surface area contributed by atoms with Crippen LogP contribution in [-0.2, 0) is 13.3 Å². The van der Waals surface area contributed by atoms with Crippen molar-refractivity contribution in [2.75, 3.05) is 5.32 Å². The minimum absolute atomic E-state index is 0.172. The van der Waals surface area contributed by atoms with Crippen molar-refractivity contribution in [3.8, 4) is 5.75 Å². The van der Waals surface area contributed by atoms with Gasteiger partial charge in [-0.05, 0) is 48.0 Å². The van der Waals surface area contributed by atoms with E-state index in [1.165, 1.54) is 23.0 Å². The summed E-state index contributed by atoms with van der Waals surface area (Å²) in [6, 6.07) is 13.2. The third-order valence-electron chi connectivity index (χ3n) is 4.29. The van der Waals surface area contributed by atoms with Gasteiger partial charge in [-0.15, -0.1) is 0 Å². The van der Waals surface area contributed by atoms with E-state index in [0.29, 0.717) is 28.6 Å². The highest BCUT2D eigenvalue weighted by Gasteiger charge is 2.12. The molecule has 10 heteroatoms. The molecule has 0 fully saturated rings. The van der Waals surface area contributed by atoms with E-state index in [1.54, 1.807) is 29.2 Å². The van der Waals surface area contributed by atoms with Crippen molar-refractivity contribution in [2.24, 2.45) is 0 Å². The second kappa shape index (κ2) is 9.32. The molecule has 0 atom stereocenters. The molecule has 0 spiro atoms. The number of nitrogens with one attached hydrogen (secondary N) is 1. The van der Waals surface area contributed by atoms with Gasteiger partial charge in [0.2, 0.25) is 0 Å². The van der Waals surface area contributed by atoms with Gasteiger partial charge in [0.25, 0.3) is 5.91 Å². The van der Waals surface area contributed by atoms with Crippen molar-refractivity contribution >= 4 is 39.1 Å². The fraction of sp³-hybridized carbons (Fsp3) is 0.0952. The number of amides is 1. The standard InChI is InChI=1S/C21H16BrClFN5O2/c22-15-2-5-18(6-3-15)31-13-28-8-7-20(27-28)21(30)26-17-10-25-29(12-17)11-14-1-4-16(24)9-19(14)23/h1-10,12H,11,13H2,(H,26,30). The molecule has 0 saturated carbocycles.